The molecule has 0 aromatic heterocycles. The summed E-state index contributed by atoms with van der Waals surface area (Å²) in [5, 5.41) is 3.80. The predicted octanol–water partition coefficient (Wildman–Crippen LogP) is 2.29. The van der Waals surface area contributed by atoms with E-state index in [1.165, 1.54) is 44.5 Å². The quantitative estimate of drug-likeness (QED) is 0.900. The van der Waals surface area contributed by atoms with Gasteiger partial charge in [0.1, 0.15) is 0 Å². The highest BCUT2D eigenvalue weighted by atomic mass is 15.2. The van der Waals surface area contributed by atoms with E-state index in [0.29, 0.717) is 0 Å². The number of benzene rings is 1. The highest BCUT2D eigenvalue weighted by Gasteiger charge is 2.34. The lowest BCUT2D eigenvalue weighted by Crippen LogP contribution is -2.51. The number of piperidine rings is 1. The summed E-state index contributed by atoms with van der Waals surface area (Å²) in [6.45, 7) is 8.35. The number of nitrogens with zero attached hydrogens (tertiary/aromatic N) is 2. The van der Waals surface area contributed by atoms with Gasteiger partial charge < -0.3 is 10.2 Å². The summed E-state index contributed by atoms with van der Waals surface area (Å²) < 4.78 is 0. The number of hydrogen-bond donors (Lipinski definition) is 1. The van der Waals surface area contributed by atoms with Gasteiger partial charge in [0.25, 0.3) is 0 Å². The molecule has 0 radical (unpaired) electrons. The molecule has 1 N–H and O–H groups in total. The van der Waals surface area contributed by atoms with Crippen molar-refractivity contribution < 1.29 is 0 Å². The molecule has 1 atom stereocenters. The average molecular weight is 287 g/mol. The van der Waals surface area contributed by atoms with E-state index in [-0.39, 0.29) is 5.54 Å². The van der Waals surface area contributed by atoms with Crippen molar-refractivity contribution in [2.24, 2.45) is 0 Å². The Morgan fingerprint density at radius 3 is 2.52 bits per heavy atom. The molecular weight excluding hydrogens is 258 g/mol. The highest BCUT2D eigenvalue weighted by molar-refractivity contribution is 5.24. The third kappa shape index (κ3) is 3.47. The van der Waals surface area contributed by atoms with Crippen LogP contribution in [0.25, 0.3) is 0 Å². The lowest BCUT2D eigenvalue weighted by atomic mass is 9.90. The van der Waals surface area contributed by atoms with Crippen molar-refractivity contribution in [2.75, 3.05) is 39.8 Å². The van der Waals surface area contributed by atoms with E-state index in [4.69, 9.17) is 0 Å². The Balaban J connectivity index is 1.74. The lowest BCUT2D eigenvalue weighted by Gasteiger charge is -2.41. The minimum absolute atomic E-state index is 0.0844. The average Bonchev–Trinajstić information content (AvgIpc) is 2.72. The molecular formula is C18H29N3. The fourth-order valence-electron chi connectivity index (χ4n) is 3.86. The van der Waals surface area contributed by atoms with Crippen LogP contribution in [0.15, 0.2) is 30.3 Å². The van der Waals surface area contributed by atoms with E-state index in [9.17, 15) is 0 Å². The molecule has 0 bridgehead atoms. The molecule has 0 saturated carbocycles. The maximum atomic E-state index is 3.80. The van der Waals surface area contributed by atoms with Crippen molar-refractivity contribution in [1.82, 2.24) is 15.1 Å². The minimum atomic E-state index is 0.0844. The van der Waals surface area contributed by atoms with Crippen LogP contribution in [0.4, 0.5) is 0 Å². The van der Waals surface area contributed by atoms with Crippen LogP contribution in [0.5, 0.6) is 0 Å². The van der Waals surface area contributed by atoms with Crippen molar-refractivity contribution in [3.63, 3.8) is 0 Å². The summed E-state index contributed by atoms with van der Waals surface area (Å²) in [5.41, 5.74) is 1.51. The zero-order valence-corrected chi connectivity index (χ0v) is 13.5. The first-order valence-corrected chi connectivity index (χ1v) is 8.40. The SMILES string of the molecule is CN1CCC(N2CCCNC(C)(c3ccccc3)C2)CC1. The van der Waals surface area contributed by atoms with Gasteiger partial charge in [-0.3, -0.25) is 4.90 Å². The van der Waals surface area contributed by atoms with E-state index in [0.717, 1.165) is 19.1 Å². The molecule has 3 heteroatoms. The van der Waals surface area contributed by atoms with Gasteiger partial charge in [-0.2, -0.15) is 0 Å². The molecule has 1 aromatic carbocycles. The predicted molar refractivity (Wildman–Crippen MR) is 88.5 cm³/mol. The van der Waals surface area contributed by atoms with Gasteiger partial charge in [-0.05, 0) is 65.0 Å². The van der Waals surface area contributed by atoms with E-state index in [1.807, 2.05) is 0 Å². The Hall–Kier alpha value is -0.900. The molecule has 2 heterocycles. The third-order valence-corrected chi connectivity index (χ3v) is 5.27. The molecule has 1 unspecified atom stereocenters. The zero-order chi connectivity index (χ0) is 14.7. The van der Waals surface area contributed by atoms with E-state index in [1.54, 1.807) is 0 Å². The van der Waals surface area contributed by atoms with Crippen molar-refractivity contribution in [3.8, 4) is 0 Å². The zero-order valence-electron chi connectivity index (χ0n) is 13.5. The Morgan fingerprint density at radius 1 is 1.10 bits per heavy atom. The van der Waals surface area contributed by atoms with Gasteiger partial charge in [0.2, 0.25) is 0 Å². The molecule has 116 valence electrons. The normalized spacial score (nSPS) is 30.2. The Bertz CT molecular complexity index is 439. The second-order valence-corrected chi connectivity index (χ2v) is 6.98. The Kier molecular flexibility index (Phi) is 4.63. The van der Waals surface area contributed by atoms with E-state index >= 15 is 0 Å². The third-order valence-electron chi connectivity index (χ3n) is 5.27. The Morgan fingerprint density at radius 2 is 1.81 bits per heavy atom. The van der Waals surface area contributed by atoms with Gasteiger partial charge in [-0.25, -0.2) is 0 Å². The summed E-state index contributed by atoms with van der Waals surface area (Å²) in [7, 11) is 2.24. The number of hydrogen-bond acceptors (Lipinski definition) is 3. The smallest absolute Gasteiger partial charge is 0.0535 e. The fraction of sp³-hybridized carbons (Fsp3) is 0.667. The van der Waals surface area contributed by atoms with Gasteiger partial charge in [-0.15, -0.1) is 0 Å². The number of nitrogens with one attached hydrogen (secondary N) is 1. The van der Waals surface area contributed by atoms with Crippen LogP contribution >= 0.6 is 0 Å². The monoisotopic (exact) mass is 287 g/mol. The van der Waals surface area contributed by atoms with Gasteiger partial charge in [0, 0.05) is 12.6 Å². The van der Waals surface area contributed by atoms with Crippen LogP contribution in [0.2, 0.25) is 0 Å². The van der Waals surface area contributed by atoms with Crippen molar-refractivity contribution in [3.05, 3.63) is 35.9 Å². The lowest BCUT2D eigenvalue weighted by molar-refractivity contribution is 0.104. The second kappa shape index (κ2) is 6.47. The first-order chi connectivity index (χ1) is 10.2. The molecule has 3 rings (SSSR count). The highest BCUT2D eigenvalue weighted by Crippen LogP contribution is 2.27. The van der Waals surface area contributed by atoms with E-state index in [2.05, 4.69) is 59.4 Å². The summed E-state index contributed by atoms with van der Waals surface area (Å²) >= 11 is 0. The molecule has 2 aliphatic rings. The maximum absolute atomic E-state index is 3.80. The van der Waals surface area contributed by atoms with Crippen molar-refractivity contribution in [2.45, 2.75) is 37.8 Å². The topological polar surface area (TPSA) is 18.5 Å². The first kappa shape index (κ1) is 15.0. The molecule has 21 heavy (non-hydrogen) atoms. The van der Waals surface area contributed by atoms with Crippen LogP contribution in [0.3, 0.4) is 0 Å². The molecule has 0 aliphatic carbocycles. The van der Waals surface area contributed by atoms with Crippen LogP contribution in [0, 0.1) is 0 Å². The van der Waals surface area contributed by atoms with Gasteiger partial charge >= 0.3 is 0 Å². The molecule has 2 saturated heterocycles. The molecule has 3 nitrogen and oxygen atoms in total. The van der Waals surface area contributed by atoms with Gasteiger partial charge in [0.15, 0.2) is 0 Å². The van der Waals surface area contributed by atoms with Crippen molar-refractivity contribution in [1.29, 1.82) is 0 Å². The molecule has 0 spiro atoms. The molecule has 2 aliphatic heterocycles. The molecule has 2 fully saturated rings. The molecule has 1 aromatic rings. The minimum Gasteiger partial charge on any atom is -0.307 e. The number of rotatable bonds is 2. The Labute approximate surface area is 129 Å². The summed E-state index contributed by atoms with van der Waals surface area (Å²) in [4.78, 5) is 5.21. The number of likely N-dealkylation sites (tertiary alicyclic amines) is 1. The largest absolute Gasteiger partial charge is 0.307 e. The van der Waals surface area contributed by atoms with Gasteiger partial charge in [-0.1, -0.05) is 30.3 Å². The van der Waals surface area contributed by atoms with Gasteiger partial charge in [0.05, 0.1) is 5.54 Å². The summed E-state index contributed by atoms with van der Waals surface area (Å²) in [6, 6.07) is 11.7. The second-order valence-electron chi connectivity index (χ2n) is 6.98. The van der Waals surface area contributed by atoms with Crippen LogP contribution in [-0.4, -0.2) is 55.6 Å². The van der Waals surface area contributed by atoms with E-state index < -0.39 is 0 Å². The van der Waals surface area contributed by atoms with Crippen LogP contribution < -0.4 is 5.32 Å². The fourth-order valence-corrected chi connectivity index (χ4v) is 3.86. The summed E-state index contributed by atoms with van der Waals surface area (Å²) in [6.07, 6.45) is 3.90. The van der Waals surface area contributed by atoms with Crippen LogP contribution in [0.1, 0.15) is 31.7 Å². The molecule has 0 amide bonds. The van der Waals surface area contributed by atoms with Crippen molar-refractivity contribution >= 4 is 0 Å². The maximum Gasteiger partial charge on any atom is 0.0535 e. The van der Waals surface area contributed by atoms with Crippen LogP contribution in [-0.2, 0) is 5.54 Å². The summed E-state index contributed by atoms with van der Waals surface area (Å²) in [5.74, 6) is 0. The standard InChI is InChI=1S/C18H29N3/c1-18(16-7-4-3-5-8-16)15-21(12-6-11-19-18)17-9-13-20(2)14-10-17/h3-5,7-8,17,19H,6,9-15H2,1-2H3. The first-order valence-electron chi connectivity index (χ1n) is 8.40.